The van der Waals surface area contributed by atoms with E-state index in [1.165, 1.54) is 33.0 Å². The SMILES string of the molecule is Cc1cc(C)c(CCNC(=O)Cn2nc(C(C)(C)C)ccc2=O)c(C)c1. The summed E-state index contributed by atoms with van der Waals surface area (Å²) in [7, 11) is 0. The third-order valence-corrected chi connectivity index (χ3v) is 4.47. The monoisotopic (exact) mass is 355 g/mol. The van der Waals surface area contributed by atoms with Gasteiger partial charge in [0.15, 0.2) is 0 Å². The maximum atomic E-state index is 12.2. The molecule has 5 nitrogen and oxygen atoms in total. The highest BCUT2D eigenvalue weighted by atomic mass is 16.2. The van der Waals surface area contributed by atoms with Gasteiger partial charge in [0.05, 0.1) is 5.69 Å². The van der Waals surface area contributed by atoms with Crippen LogP contribution < -0.4 is 10.9 Å². The van der Waals surface area contributed by atoms with Crippen LogP contribution in [0.25, 0.3) is 0 Å². The molecule has 0 aliphatic heterocycles. The van der Waals surface area contributed by atoms with Crippen LogP contribution in [0.2, 0.25) is 0 Å². The van der Waals surface area contributed by atoms with E-state index in [9.17, 15) is 9.59 Å². The maximum Gasteiger partial charge on any atom is 0.267 e. The quantitative estimate of drug-likeness (QED) is 0.897. The fraction of sp³-hybridized carbons (Fsp3) is 0.476. The molecule has 0 spiro atoms. The predicted octanol–water partition coefficient (Wildman–Crippen LogP) is 2.82. The average molecular weight is 355 g/mol. The van der Waals surface area contributed by atoms with E-state index in [0.29, 0.717) is 6.54 Å². The molecule has 0 aliphatic rings. The third kappa shape index (κ3) is 5.04. The Balaban J connectivity index is 1.99. The topological polar surface area (TPSA) is 64.0 Å². The van der Waals surface area contributed by atoms with E-state index in [1.54, 1.807) is 6.07 Å². The number of benzene rings is 1. The number of carbonyl (C=O) groups excluding carboxylic acids is 1. The van der Waals surface area contributed by atoms with Crippen LogP contribution in [0.15, 0.2) is 29.1 Å². The van der Waals surface area contributed by atoms with E-state index in [4.69, 9.17) is 0 Å². The number of aryl methyl sites for hydroxylation is 3. The minimum absolute atomic E-state index is 0.0609. The lowest BCUT2D eigenvalue weighted by atomic mass is 9.92. The van der Waals surface area contributed by atoms with Crippen LogP contribution in [-0.2, 0) is 23.2 Å². The van der Waals surface area contributed by atoms with E-state index < -0.39 is 0 Å². The summed E-state index contributed by atoms with van der Waals surface area (Å²) in [6.45, 7) is 12.8. The van der Waals surface area contributed by atoms with Gasteiger partial charge in [0, 0.05) is 18.0 Å². The van der Waals surface area contributed by atoms with Gasteiger partial charge in [-0.2, -0.15) is 5.10 Å². The minimum Gasteiger partial charge on any atom is -0.354 e. The normalized spacial score (nSPS) is 11.5. The Bertz CT molecular complexity index is 837. The highest BCUT2D eigenvalue weighted by Gasteiger charge is 2.17. The van der Waals surface area contributed by atoms with Crippen LogP contribution in [0, 0.1) is 20.8 Å². The molecule has 0 saturated heterocycles. The van der Waals surface area contributed by atoms with Crippen molar-refractivity contribution in [2.24, 2.45) is 0 Å². The lowest BCUT2D eigenvalue weighted by molar-refractivity contribution is -0.121. The molecule has 1 aromatic carbocycles. The zero-order valence-electron chi connectivity index (χ0n) is 16.6. The molecular formula is C21H29N3O2. The van der Waals surface area contributed by atoms with Crippen molar-refractivity contribution >= 4 is 5.91 Å². The number of hydrogen-bond acceptors (Lipinski definition) is 3. The largest absolute Gasteiger partial charge is 0.354 e. The molecule has 5 heteroatoms. The molecule has 0 bridgehead atoms. The Kier molecular flexibility index (Phi) is 6.01. The van der Waals surface area contributed by atoms with E-state index in [1.807, 2.05) is 20.8 Å². The average Bonchev–Trinajstić information content (AvgIpc) is 2.51. The van der Waals surface area contributed by atoms with Crippen LogP contribution in [-0.4, -0.2) is 22.2 Å². The van der Waals surface area contributed by atoms with Gasteiger partial charge in [-0.15, -0.1) is 0 Å². The van der Waals surface area contributed by atoms with Crippen molar-refractivity contribution < 1.29 is 4.79 Å². The van der Waals surface area contributed by atoms with Gasteiger partial charge in [-0.25, -0.2) is 4.68 Å². The zero-order valence-corrected chi connectivity index (χ0v) is 16.6. The van der Waals surface area contributed by atoms with Gasteiger partial charge < -0.3 is 5.32 Å². The lowest BCUT2D eigenvalue weighted by Gasteiger charge is -2.18. The van der Waals surface area contributed by atoms with Crippen molar-refractivity contribution in [3.05, 3.63) is 62.6 Å². The van der Waals surface area contributed by atoms with E-state index in [2.05, 4.69) is 43.3 Å². The van der Waals surface area contributed by atoms with Gasteiger partial charge >= 0.3 is 0 Å². The Hall–Kier alpha value is -2.43. The molecule has 2 rings (SSSR count). The summed E-state index contributed by atoms with van der Waals surface area (Å²) in [5, 5.41) is 7.23. The van der Waals surface area contributed by atoms with Crippen LogP contribution in [0.1, 0.15) is 48.7 Å². The molecular weight excluding hydrogens is 326 g/mol. The summed E-state index contributed by atoms with van der Waals surface area (Å²) in [5.41, 5.74) is 5.35. The lowest BCUT2D eigenvalue weighted by Crippen LogP contribution is -2.35. The first-order valence-corrected chi connectivity index (χ1v) is 9.00. The first-order chi connectivity index (χ1) is 12.1. The van der Waals surface area contributed by atoms with Crippen molar-refractivity contribution in [3.63, 3.8) is 0 Å². The Morgan fingerprint density at radius 3 is 2.31 bits per heavy atom. The number of aromatic nitrogens is 2. The fourth-order valence-corrected chi connectivity index (χ4v) is 3.09. The molecule has 0 saturated carbocycles. The molecule has 0 unspecified atom stereocenters. The van der Waals surface area contributed by atoms with E-state index in [-0.39, 0.29) is 23.4 Å². The van der Waals surface area contributed by atoms with Crippen molar-refractivity contribution in [3.8, 4) is 0 Å². The molecule has 2 aromatic rings. The van der Waals surface area contributed by atoms with Crippen LogP contribution in [0.5, 0.6) is 0 Å². The Labute approximate surface area is 155 Å². The van der Waals surface area contributed by atoms with Crippen LogP contribution >= 0.6 is 0 Å². The van der Waals surface area contributed by atoms with Crippen molar-refractivity contribution in [2.45, 2.75) is 59.9 Å². The molecule has 26 heavy (non-hydrogen) atoms. The molecule has 0 fully saturated rings. The van der Waals surface area contributed by atoms with E-state index >= 15 is 0 Å². The fourth-order valence-electron chi connectivity index (χ4n) is 3.09. The standard InChI is InChI=1S/C21H29N3O2/c1-14-11-15(2)17(16(3)12-14)9-10-22-19(25)13-24-20(26)8-7-18(23-24)21(4,5)6/h7-8,11-12H,9-10,13H2,1-6H3,(H,22,25). The first-order valence-electron chi connectivity index (χ1n) is 9.00. The number of nitrogens with one attached hydrogen (secondary N) is 1. The Morgan fingerprint density at radius 1 is 1.12 bits per heavy atom. The second kappa shape index (κ2) is 7.85. The molecule has 1 heterocycles. The van der Waals surface area contributed by atoms with Crippen molar-refractivity contribution in [1.82, 2.24) is 15.1 Å². The van der Waals surface area contributed by atoms with Gasteiger partial charge in [-0.05, 0) is 49.9 Å². The number of amides is 1. The van der Waals surface area contributed by atoms with Gasteiger partial charge in [0.2, 0.25) is 5.91 Å². The molecule has 140 valence electrons. The number of hydrogen-bond donors (Lipinski definition) is 1. The summed E-state index contributed by atoms with van der Waals surface area (Å²) in [6, 6.07) is 7.51. The van der Waals surface area contributed by atoms with Crippen LogP contribution in [0.4, 0.5) is 0 Å². The third-order valence-electron chi connectivity index (χ3n) is 4.47. The number of carbonyl (C=O) groups is 1. The molecule has 1 aromatic heterocycles. The predicted molar refractivity (Wildman–Crippen MR) is 105 cm³/mol. The molecule has 0 radical (unpaired) electrons. The smallest absolute Gasteiger partial charge is 0.267 e. The zero-order chi connectivity index (χ0) is 19.5. The van der Waals surface area contributed by atoms with Crippen molar-refractivity contribution in [2.75, 3.05) is 6.54 Å². The molecule has 1 N–H and O–H groups in total. The summed E-state index contributed by atoms with van der Waals surface area (Å²) in [6.07, 6.45) is 0.772. The summed E-state index contributed by atoms with van der Waals surface area (Å²) < 4.78 is 1.23. The Morgan fingerprint density at radius 2 is 1.73 bits per heavy atom. The second-order valence-corrected chi connectivity index (χ2v) is 7.94. The highest BCUT2D eigenvalue weighted by molar-refractivity contribution is 5.75. The van der Waals surface area contributed by atoms with E-state index in [0.717, 1.165) is 12.1 Å². The highest BCUT2D eigenvalue weighted by Crippen LogP contribution is 2.18. The van der Waals surface area contributed by atoms with Crippen molar-refractivity contribution in [1.29, 1.82) is 0 Å². The minimum atomic E-state index is -0.265. The van der Waals surface area contributed by atoms with Gasteiger partial charge in [0.25, 0.3) is 5.56 Å². The summed E-state index contributed by atoms with van der Waals surface area (Å²) >= 11 is 0. The first kappa shape index (κ1) is 19.9. The molecule has 0 aliphatic carbocycles. The second-order valence-electron chi connectivity index (χ2n) is 7.94. The summed E-state index contributed by atoms with van der Waals surface area (Å²) in [4.78, 5) is 24.2. The van der Waals surface area contributed by atoms with Gasteiger partial charge in [-0.1, -0.05) is 38.5 Å². The maximum absolute atomic E-state index is 12.2. The number of rotatable bonds is 5. The number of nitrogens with zero attached hydrogens (tertiary/aromatic N) is 2. The molecule has 0 atom stereocenters. The van der Waals surface area contributed by atoms with Gasteiger partial charge in [-0.3, -0.25) is 9.59 Å². The van der Waals surface area contributed by atoms with Crippen LogP contribution in [0.3, 0.4) is 0 Å². The van der Waals surface area contributed by atoms with Gasteiger partial charge in [0.1, 0.15) is 6.54 Å². The molecule has 1 amide bonds. The summed E-state index contributed by atoms with van der Waals surface area (Å²) in [5.74, 6) is -0.201.